The second-order valence-electron chi connectivity index (χ2n) is 4.40. The van der Waals surface area contributed by atoms with E-state index in [4.69, 9.17) is 5.73 Å². The molecule has 2 unspecified atom stereocenters. The van der Waals surface area contributed by atoms with Crippen LogP contribution in [-0.4, -0.2) is 11.8 Å². The average Bonchev–Trinajstić information content (AvgIpc) is 2.95. The molecule has 2 N–H and O–H groups in total. The first-order valence-electron chi connectivity index (χ1n) is 5.70. The minimum absolute atomic E-state index is 0.0338. The fourth-order valence-electron chi connectivity index (χ4n) is 2.31. The van der Waals surface area contributed by atoms with Crippen LogP contribution in [0.15, 0.2) is 41.8 Å². The van der Waals surface area contributed by atoms with Crippen molar-refractivity contribution in [2.45, 2.75) is 12.5 Å². The van der Waals surface area contributed by atoms with E-state index in [2.05, 4.69) is 0 Å². The van der Waals surface area contributed by atoms with Gasteiger partial charge in [-0.2, -0.15) is 0 Å². The number of hydrogen-bond acceptors (Lipinski definition) is 3. The summed E-state index contributed by atoms with van der Waals surface area (Å²) in [6.45, 7) is 0. The van der Waals surface area contributed by atoms with Crippen molar-refractivity contribution in [3.05, 3.63) is 47.4 Å². The summed E-state index contributed by atoms with van der Waals surface area (Å²) in [5.41, 5.74) is 6.63. The molecule has 2 aromatic rings. The highest BCUT2D eigenvalue weighted by Crippen LogP contribution is 2.29. The largest absolute Gasteiger partial charge is 0.324 e. The molecule has 3 rings (SSSR count). The van der Waals surface area contributed by atoms with Gasteiger partial charge in [-0.3, -0.25) is 4.79 Å². The van der Waals surface area contributed by atoms with Crippen molar-refractivity contribution in [3.8, 4) is 0 Å². The van der Waals surface area contributed by atoms with Gasteiger partial charge in [0.15, 0.2) is 5.78 Å². The van der Waals surface area contributed by atoms with Crippen molar-refractivity contribution in [3.63, 3.8) is 0 Å². The van der Waals surface area contributed by atoms with E-state index in [1.807, 2.05) is 41.8 Å². The number of carbonyl (C=O) groups excluding carboxylic acids is 1. The Bertz CT molecular complexity index is 599. The van der Waals surface area contributed by atoms with Crippen molar-refractivity contribution in [1.82, 2.24) is 0 Å². The molecular formula is C14H13NOS. The minimum atomic E-state index is -0.0438. The molecule has 0 spiro atoms. The van der Waals surface area contributed by atoms with Gasteiger partial charge in [0.2, 0.25) is 0 Å². The van der Waals surface area contributed by atoms with Gasteiger partial charge in [0, 0.05) is 22.2 Å². The van der Waals surface area contributed by atoms with Crippen molar-refractivity contribution in [2.24, 2.45) is 11.7 Å². The normalized spacial score (nSPS) is 23.4. The fraction of sp³-hybridized carbons (Fsp3) is 0.214. The lowest BCUT2D eigenvalue weighted by atomic mass is 9.96. The molecule has 2 nitrogen and oxygen atoms in total. The van der Waals surface area contributed by atoms with Crippen LogP contribution in [0, 0.1) is 5.92 Å². The quantitative estimate of drug-likeness (QED) is 0.651. The summed E-state index contributed by atoms with van der Waals surface area (Å²) >= 11 is 1.63. The zero-order chi connectivity index (χ0) is 11.8. The van der Waals surface area contributed by atoms with Crippen LogP contribution in [0.3, 0.4) is 0 Å². The molecule has 0 bridgehead atoms. The second kappa shape index (κ2) is 4.09. The van der Waals surface area contributed by atoms with Crippen molar-refractivity contribution in [2.75, 3.05) is 0 Å². The van der Waals surface area contributed by atoms with E-state index in [0.717, 1.165) is 22.1 Å². The number of allylic oxidation sites excluding steroid dienone is 1. The van der Waals surface area contributed by atoms with Gasteiger partial charge >= 0.3 is 0 Å². The molecule has 0 amide bonds. The molecule has 3 heteroatoms. The SMILES string of the molecule is NC1C=CC(C(=O)c2cccc3ccsc23)C1. The van der Waals surface area contributed by atoms with E-state index >= 15 is 0 Å². The van der Waals surface area contributed by atoms with Crippen LogP contribution in [0.25, 0.3) is 10.1 Å². The number of carbonyl (C=O) groups is 1. The number of ketones is 1. The highest BCUT2D eigenvalue weighted by molar-refractivity contribution is 7.17. The molecule has 17 heavy (non-hydrogen) atoms. The van der Waals surface area contributed by atoms with E-state index in [1.165, 1.54) is 0 Å². The van der Waals surface area contributed by atoms with Crippen molar-refractivity contribution in [1.29, 1.82) is 0 Å². The molecule has 2 atom stereocenters. The first kappa shape index (κ1) is 10.7. The third-order valence-electron chi connectivity index (χ3n) is 3.20. The molecule has 0 aliphatic heterocycles. The van der Waals surface area contributed by atoms with E-state index in [-0.39, 0.29) is 17.7 Å². The van der Waals surface area contributed by atoms with Crippen LogP contribution >= 0.6 is 11.3 Å². The van der Waals surface area contributed by atoms with Crippen LogP contribution in [0.5, 0.6) is 0 Å². The number of benzene rings is 1. The molecule has 1 aliphatic rings. The number of hydrogen-bond donors (Lipinski definition) is 1. The second-order valence-corrected chi connectivity index (χ2v) is 5.32. The highest BCUT2D eigenvalue weighted by Gasteiger charge is 2.25. The summed E-state index contributed by atoms with van der Waals surface area (Å²) < 4.78 is 1.09. The topological polar surface area (TPSA) is 43.1 Å². The molecule has 0 radical (unpaired) electrons. The molecule has 0 saturated carbocycles. The lowest BCUT2D eigenvalue weighted by Crippen LogP contribution is -2.19. The van der Waals surface area contributed by atoms with Gasteiger partial charge in [-0.15, -0.1) is 11.3 Å². The van der Waals surface area contributed by atoms with Gasteiger partial charge in [0.05, 0.1) is 0 Å². The summed E-state index contributed by atoms with van der Waals surface area (Å²) in [5, 5.41) is 3.17. The molecule has 1 heterocycles. The summed E-state index contributed by atoms with van der Waals surface area (Å²) in [5.74, 6) is 0.153. The number of Topliss-reactive ketones (excluding diaryl/α,β-unsaturated/α-hetero) is 1. The predicted molar refractivity (Wildman–Crippen MR) is 71.4 cm³/mol. The van der Waals surface area contributed by atoms with Crippen LogP contribution in [0.4, 0.5) is 0 Å². The summed E-state index contributed by atoms with van der Waals surface area (Å²) in [4.78, 5) is 12.4. The Hall–Kier alpha value is -1.45. The Kier molecular flexibility index (Phi) is 2.57. The van der Waals surface area contributed by atoms with Crippen LogP contribution in [-0.2, 0) is 0 Å². The molecule has 1 aromatic carbocycles. The van der Waals surface area contributed by atoms with E-state index < -0.39 is 0 Å². The van der Waals surface area contributed by atoms with Gasteiger partial charge in [0.25, 0.3) is 0 Å². The number of rotatable bonds is 2. The van der Waals surface area contributed by atoms with E-state index in [1.54, 1.807) is 11.3 Å². The summed E-state index contributed by atoms with van der Waals surface area (Å²) in [6, 6.07) is 7.98. The number of nitrogens with two attached hydrogens (primary N) is 1. The van der Waals surface area contributed by atoms with Crippen LogP contribution in [0.2, 0.25) is 0 Å². The summed E-state index contributed by atoms with van der Waals surface area (Å²) in [7, 11) is 0. The maximum atomic E-state index is 12.4. The van der Waals surface area contributed by atoms with Crippen LogP contribution < -0.4 is 5.73 Å². The third kappa shape index (κ3) is 1.81. The molecule has 0 fully saturated rings. The van der Waals surface area contributed by atoms with Gasteiger partial charge in [-0.1, -0.05) is 24.3 Å². The van der Waals surface area contributed by atoms with Gasteiger partial charge in [-0.05, 0) is 29.3 Å². The van der Waals surface area contributed by atoms with Gasteiger partial charge < -0.3 is 5.73 Å². The first-order valence-corrected chi connectivity index (χ1v) is 6.58. The standard InChI is InChI=1S/C14H13NOS/c15-11-5-4-10(8-11)13(16)12-3-1-2-9-6-7-17-14(9)12/h1-7,10-11H,8,15H2. The molecule has 1 aromatic heterocycles. The first-order chi connectivity index (χ1) is 8.25. The maximum absolute atomic E-state index is 12.4. The number of fused-ring (bicyclic) bond motifs is 1. The highest BCUT2D eigenvalue weighted by atomic mass is 32.1. The third-order valence-corrected chi connectivity index (χ3v) is 4.16. The molecule has 1 aliphatic carbocycles. The molecule has 0 saturated heterocycles. The zero-order valence-corrected chi connectivity index (χ0v) is 10.1. The Morgan fingerprint density at radius 2 is 2.18 bits per heavy atom. The molecule has 86 valence electrons. The maximum Gasteiger partial charge on any atom is 0.171 e. The van der Waals surface area contributed by atoms with Crippen molar-refractivity contribution < 1.29 is 4.79 Å². The predicted octanol–water partition coefficient (Wildman–Crippen LogP) is 2.99. The molecular weight excluding hydrogens is 230 g/mol. The van der Waals surface area contributed by atoms with Crippen molar-refractivity contribution >= 4 is 27.2 Å². The van der Waals surface area contributed by atoms with Crippen LogP contribution in [0.1, 0.15) is 16.8 Å². The van der Waals surface area contributed by atoms with Gasteiger partial charge in [0.1, 0.15) is 0 Å². The minimum Gasteiger partial charge on any atom is -0.324 e. The van der Waals surface area contributed by atoms with Gasteiger partial charge in [-0.25, -0.2) is 0 Å². The van der Waals surface area contributed by atoms with E-state index in [0.29, 0.717) is 0 Å². The average molecular weight is 243 g/mol. The fourth-order valence-corrected chi connectivity index (χ4v) is 3.23. The Labute approximate surface area is 104 Å². The summed E-state index contributed by atoms with van der Waals surface area (Å²) in [6.07, 6.45) is 4.61. The number of thiophene rings is 1. The Morgan fingerprint density at radius 3 is 2.94 bits per heavy atom. The Morgan fingerprint density at radius 1 is 1.29 bits per heavy atom. The zero-order valence-electron chi connectivity index (χ0n) is 9.30. The lowest BCUT2D eigenvalue weighted by molar-refractivity contribution is 0.0945. The smallest absolute Gasteiger partial charge is 0.171 e. The van der Waals surface area contributed by atoms with E-state index in [9.17, 15) is 4.79 Å². The lowest BCUT2D eigenvalue weighted by Gasteiger charge is -2.09. The Balaban J connectivity index is 2.01. The monoisotopic (exact) mass is 243 g/mol.